The molecule has 1 amide bonds. The lowest BCUT2D eigenvalue weighted by atomic mass is 10.1. The predicted molar refractivity (Wildman–Crippen MR) is 129 cm³/mol. The normalized spacial score (nSPS) is 16.2. The molecule has 0 atom stereocenters. The molecule has 0 aliphatic carbocycles. The van der Waals surface area contributed by atoms with Crippen LogP contribution in [0.25, 0.3) is 0 Å². The number of hydrogen-bond acceptors (Lipinski definition) is 6. The van der Waals surface area contributed by atoms with Crippen LogP contribution in [0.1, 0.15) is 20.8 Å². The average Bonchev–Trinajstić information content (AvgIpc) is 3.37. The van der Waals surface area contributed by atoms with Crippen LogP contribution in [0, 0.1) is 0 Å². The summed E-state index contributed by atoms with van der Waals surface area (Å²) in [5.41, 5.74) is 2.03. The van der Waals surface area contributed by atoms with Gasteiger partial charge in [0.1, 0.15) is 13.2 Å². The Kier molecular flexibility index (Phi) is 6.67. The number of carbonyl (C=O) groups excluding carboxylic acids is 1. The highest BCUT2D eigenvalue weighted by Gasteiger charge is 2.24. The van der Waals surface area contributed by atoms with E-state index in [0.717, 1.165) is 60.4 Å². The summed E-state index contributed by atoms with van der Waals surface area (Å²) in [6.45, 7) is 5.28. The van der Waals surface area contributed by atoms with Gasteiger partial charge in [-0.05, 0) is 41.3 Å². The zero-order chi connectivity index (χ0) is 21.8. The third-order valence-electron chi connectivity index (χ3n) is 5.74. The van der Waals surface area contributed by atoms with E-state index in [0.29, 0.717) is 13.2 Å². The smallest absolute Gasteiger partial charge is 0.255 e. The monoisotopic (exact) mass is 466 g/mol. The fraction of sp³-hybridized carbons (Fsp3) is 0.320. The van der Waals surface area contributed by atoms with Crippen molar-refractivity contribution in [3.05, 3.63) is 76.0 Å². The Morgan fingerprint density at radius 3 is 2.56 bits per heavy atom. The predicted octanol–water partition coefficient (Wildman–Crippen LogP) is 4.77. The van der Waals surface area contributed by atoms with Gasteiger partial charge >= 0.3 is 0 Å². The van der Waals surface area contributed by atoms with Crippen LogP contribution in [0.15, 0.2) is 64.9 Å². The van der Waals surface area contributed by atoms with Gasteiger partial charge in [-0.15, -0.1) is 23.1 Å². The van der Waals surface area contributed by atoms with Gasteiger partial charge in [0, 0.05) is 48.2 Å². The number of benzene rings is 2. The van der Waals surface area contributed by atoms with Crippen molar-refractivity contribution in [3.8, 4) is 11.5 Å². The van der Waals surface area contributed by atoms with Gasteiger partial charge in [0.15, 0.2) is 11.5 Å². The van der Waals surface area contributed by atoms with Gasteiger partial charge in [-0.2, -0.15) is 0 Å². The van der Waals surface area contributed by atoms with Crippen LogP contribution in [0.2, 0.25) is 0 Å². The molecule has 5 rings (SSSR count). The molecule has 5 nitrogen and oxygen atoms in total. The molecule has 7 heteroatoms. The van der Waals surface area contributed by atoms with Crippen molar-refractivity contribution in [2.75, 3.05) is 39.4 Å². The molecule has 1 saturated heterocycles. The van der Waals surface area contributed by atoms with E-state index in [1.165, 1.54) is 10.4 Å². The van der Waals surface area contributed by atoms with Gasteiger partial charge in [0.05, 0.1) is 5.56 Å². The van der Waals surface area contributed by atoms with E-state index in [4.69, 9.17) is 9.47 Å². The highest BCUT2D eigenvalue weighted by molar-refractivity contribution is 7.98. The number of piperazine rings is 1. The maximum atomic E-state index is 13.3. The van der Waals surface area contributed by atoms with Crippen LogP contribution in [0.5, 0.6) is 11.5 Å². The maximum absolute atomic E-state index is 13.3. The molecule has 1 fully saturated rings. The molecule has 3 heterocycles. The van der Waals surface area contributed by atoms with Gasteiger partial charge in [-0.25, -0.2) is 0 Å². The van der Waals surface area contributed by atoms with Gasteiger partial charge in [0.25, 0.3) is 5.91 Å². The number of carbonyl (C=O) groups is 1. The van der Waals surface area contributed by atoms with Crippen LogP contribution >= 0.6 is 23.1 Å². The molecule has 0 unspecified atom stereocenters. The molecule has 2 aromatic carbocycles. The largest absolute Gasteiger partial charge is 0.486 e. The summed E-state index contributed by atoms with van der Waals surface area (Å²) in [6.07, 6.45) is 0. The summed E-state index contributed by atoms with van der Waals surface area (Å²) in [5.74, 6) is 2.69. The third kappa shape index (κ3) is 4.95. The van der Waals surface area contributed by atoms with E-state index in [-0.39, 0.29) is 5.91 Å². The summed E-state index contributed by atoms with van der Waals surface area (Å²) >= 11 is 3.50. The number of hydrogen-bond donors (Lipinski definition) is 0. The first-order valence-corrected chi connectivity index (χ1v) is 12.8. The molecule has 0 bridgehead atoms. The Hall–Kier alpha value is -2.48. The number of rotatable bonds is 6. The Morgan fingerprint density at radius 2 is 1.75 bits per heavy atom. The molecular formula is C25H26N2O3S2. The summed E-state index contributed by atoms with van der Waals surface area (Å²) in [6, 6.07) is 18.4. The van der Waals surface area contributed by atoms with Crippen molar-refractivity contribution in [2.45, 2.75) is 17.2 Å². The zero-order valence-corrected chi connectivity index (χ0v) is 19.5. The fourth-order valence-electron chi connectivity index (χ4n) is 4.04. The molecule has 0 saturated carbocycles. The van der Waals surface area contributed by atoms with Crippen LogP contribution in [0.3, 0.4) is 0 Å². The number of nitrogens with zero attached hydrogens (tertiary/aromatic N) is 2. The molecule has 3 aromatic rings. The van der Waals surface area contributed by atoms with E-state index in [1.54, 1.807) is 23.1 Å². The van der Waals surface area contributed by atoms with Crippen molar-refractivity contribution >= 4 is 29.0 Å². The molecule has 0 radical (unpaired) electrons. The molecule has 0 N–H and O–H groups in total. The van der Waals surface area contributed by atoms with Crippen molar-refractivity contribution in [2.24, 2.45) is 0 Å². The van der Waals surface area contributed by atoms with Crippen LogP contribution in [0.4, 0.5) is 0 Å². The highest BCUT2D eigenvalue weighted by Crippen LogP contribution is 2.32. The molecule has 2 aliphatic rings. The number of fused-ring (bicyclic) bond motifs is 1. The van der Waals surface area contributed by atoms with E-state index < -0.39 is 0 Å². The number of amides is 1. The molecule has 1 aromatic heterocycles. The summed E-state index contributed by atoms with van der Waals surface area (Å²) in [5, 5.41) is 2.09. The van der Waals surface area contributed by atoms with Crippen LogP contribution < -0.4 is 9.47 Å². The Morgan fingerprint density at radius 1 is 0.938 bits per heavy atom. The topological polar surface area (TPSA) is 42.0 Å². The Bertz CT molecular complexity index is 1060. The first-order chi connectivity index (χ1) is 15.8. The second-order valence-electron chi connectivity index (χ2n) is 7.91. The standard InChI is InChI=1S/C25H26N2O3S2/c28-25(21-5-1-2-6-24(21)32-18-20-4-3-15-31-20)27-11-9-26(10-12-27)17-19-7-8-22-23(16-19)30-14-13-29-22/h1-8,15-16H,9-14,17-18H2. The van der Waals surface area contributed by atoms with Crippen molar-refractivity contribution in [3.63, 3.8) is 0 Å². The van der Waals surface area contributed by atoms with E-state index in [2.05, 4.69) is 40.6 Å². The van der Waals surface area contributed by atoms with Crippen molar-refractivity contribution < 1.29 is 14.3 Å². The quantitative estimate of drug-likeness (QED) is 0.490. The van der Waals surface area contributed by atoms with Crippen molar-refractivity contribution in [1.82, 2.24) is 9.80 Å². The lowest BCUT2D eigenvalue weighted by molar-refractivity contribution is 0.0625. The number of ether oxygens (including phenoxy) is 2. The van der Waals surface area contributed by atoms with E-state index >= 15 is 0 Å². The minimum Gasteiger partial charge on any atom is -0.486 e. The fourth-order valence-corrected chi connectivity index (χ4v) is 5.85. The zero-order valence-electron chi connectivity index (χ0n) is 17.9. The first kappa shape index (κ1) is 21.4. The SMILES string of the molecule is O=C(c1ccccc1SCc1cccs1)N1CCN(Cc2ccc3c(c2)OCCO3)CC1. The van der Waals surface area contributed by atoms with Crippen molar-refractivity contribution in [1.29, 1.82) is 0 Å². The average molecular weight is 467 g/mol. The van der Waals surface area contributed by atoms with Gasteiger partial charge in [-0.3, -0.25) is 9.69 Å². The first-order valence-electron chi connectivity index (χ1n) is 10.9. The third-order valence-corrected chi connectivity index (χ3v) is 7.92. The maximum Gasteiger partial charge on any atom is 0.255 e. The molecule has 2 aliphatic heterocycles. The lowest BCUT2D eigenvalue weighted by Crippen LogP contribution is -2.48. The molecular weight excluding hydrogens is 440 g/mol. The van der Waals surface area contributed by atoms with E-state index in [1.807, 2.05) is 29.2 Å². The van der Waals surface area contributed by atoms with Gasteiger partial charge < -0.3 is 14.4 Å². The van der Waals surface area contributed by atoms with Crippen LogP contribution in [-0.4, -0.2) is 55.1 Å². The second kappa shape index (κ2) is 9.98. The van der Waals surface area contributed by atoms with Crippen LogP contribution in [-0.2, 0) is 12.3 Å². The minimum atomic E-state index is 0.137. The molecule has 166 valence electrons. The Labute approximate surface area is 196 Å². The van der Waals surface area contributed by atoms with Gasteiger partial charge in [0.2, 0.25) is 0 Å². The summed E-state index contributed by atoms with van der Waals surface area (Å²) in [4.78, 5) is 20.0. The highest BCUT2D eigenvalue weighted by atomic mass is 32.2. The summed E-state index contributed by atoms with van der Waals surface area (Å²) in [7, 11) is 0. The molecule has 0 spiro atoms. The number of thiophene rings is 1. The minimum absolute atomic E-state index is 0.137. The summed E-state index contributed by atoms with van der Waals surface area (Å²) < 4.78 is 11.3. The second-order valence-corrected chi connectivity index (χ2v) is 9.96. The lowest BCUT2D eigenvalue weighted by Gasteiger charge is -2.35. The Balaban J connectivity index is 1.18. The van der Waals surface area contributed by atoms with Gasteiger partial charge in [-0.1, -0.05) is 24.3 Å². The molecule has 32 heavy (non-hydrogen) atoms. The van der Waals surface area contributed by atoms with E-state index in [9.17, 15) is 4.79 Å². The number of thioether (sulfide) groups is 1.